The number of rotatable bonds is 3. The van der Waals surface area contributed by atoms with Gasteiger partial charge < -0.3 is 9.84 Å². The largest absolute Gasteiger partial charge is 0.477 e. The molecule has 0 aliphatic heterocycles. The first kappa shape index (κ1) is 14.8. The lowest BCUT2D eigenvalue weighted by atomic mass is 10.1. The van der Waals surface area contributed by atoms with Crippen molar-refractivity contribution in [2.45, 2.75) is 6.18 Å². The van der Waals surface area contributed by atoms with Crippen LogP contribution in [0.3, 0.4) is 0 Å². The first-order valence-electron chi connectivity index (χ1n) is 5.66. The summed E-state index contributed by atoms with van der Waals surface area (Å²) < 4.78 is 56.9. The molecule has 2 aromatic carbocycles. The van der Waals surface area contributed by atoms with Crippen molar-refractivity contribution < 1.29 is 32.2 Å². The number of carboxylic acid groups (broad SMARTS) is 1. The van der Waals surface area contributed by atoms with Gasteiger partial charge in [-0.3, -0.25) is 0 Å². The van der Waals surface area contributed by atoms with Gasteiger partial charge in [-0.15, -0.1) is 0 Å². The van der Waals surface area contributed by atoms with Crippen molar-refractivity contribution in [3.63, 3.8) is 0 Å². The van der Waals surface area contributed by atoms with Crippen molar-refractivity contribution in [2.75, 3.05) is 0 Å². The van der Waals surface area contributed by atoms with E-state index in [1.165, 1.54) is 12.1 Å². The highest BCUT2D eigenvalue weighted by Gasteiger charge is 2.34. The summed E-state index contributed by atoms with van der Waals surface area (Å²) in [5, 5.41) is 8.91. The van der Waals surface area contributed by atoms with Gasteiger partial charge in [-0.1, -0.05) is 18.2 Å². The van der Waals surface area contributed by atoms with Crippen LogP contribution in [-0.2, 0) is 6.18 Å². The Morgan fingerprint density at radius 3 is 2.24 bits per heavy atom. The predicted molar refractivity (Wildman–Crippen MR) is 64.9 cm³/mol. The van der Waals surface area contributed by atoms with Crippen molar-refractivity contribution >= 4 is 5.97 Å². The van der Waals surface area contributed by atoms with E-state index in [2.05, 4.69) is 0 Å². The van der Waals surface area contributed by atoms with Crippen LogP contribution in [0.25, 0.3) is 0 Å². The minimum Gasteiger partial charge on any atom is -0.477 e. The van der Waals surface area contributed by atoms with Crippen LogP contribution in [-0.4, -0.2) is 11.1 Å². The number of carboxylic acids is 1. The summed E-state index contributed by atoms with van der Waals surface area (Å²) in [6, 6.07) is 7.39. The van der Waals surface area contributed by atoms with Crippen LogP contribution in [0, 0.1) is 5.82 Å². The summed E-state index contributed by atoms with van der Waals surface area (Å²) in [7, 11) is 0. The third-order valence-electron chi connectivity index (χ3n) is 2.60. The average molecular weight is 300 g/mol. The number of hydrogen-bond acceptors (Lipinski definition) is 2. The molecule has 0 atom stereocenters. The number of benzene rings is 2. The molecule has 0 heterocycles. The summed E-state index contributed by atoms with van der Waals surface area (Å²) in [5.41, 5.74) is -1.90. The van der Waals surface area contributed by atoms with Crippen molar-refractivity contribution in [1.82, 2.24) is 0 Å². The molecule has 7 heteroatoms. The van der Waals surface area contributed by atoms with Crippen LogP contribution in [0.2, 0.25) is 0 Å². The molecule has 0 unspecified atom stereocenters. The summed E-state index contributed by atoms with van der Waals surface area (Å²) in [6.45, 7) is 0. The zero-order valence-electron chi connectivity index (χ0n) is 10.3. The molecule has 21 heavy (non-hydrogen) atoms. The highest BCUT2D eigenvalue weighted by molar-refractivity contribution is 5.91. The van der Waals surface area contributed by atoms with Gasteiger partial charge in [0, 0.05) is 0 Å². The number of aromatic carboxylic acids is 1. The molecule has 0 radical (unpaired) electrons. The smallest absolute Gasteiger partial charge is 0.419 e. The van der Waals surface area contributed by atoms with E-state index in [1.54, 1.807) is 0 Å². The van der Waals surface area contributed by atoms with Crippen molar-refractivity contribution in [3.8, 4) is 11.5 Å². The predicted octanol–water partition coefficient (Wildman–Crippen LogP) is 4.34. The van der Waals surface area contributed by atoms with Crippen molar-refractivity contribution in [1.29, 1.82) is 0 Å². The van der Waals surface area contributed by atoms with Gasteiger partial charge in [0.15, 0.2) is 0 Å². The van der Waals surface area contributed by atoms with Crippen LogP contribution in [0.1, 0.15) is 15.9 Å². The second-order valence-electron chi connectivity index (χ2n) is 4.01. The molecular formula is C14H8F4O3. The van der Waals surface area contributed by atoms with Crippen LogP contribution in [0.5, 0.6) is 11.5 Å². The monoisotopic (exact) mass is 300 g/mol. The minimum atomic E-state index is -4.67. The van der Waals surface area contributed by atoms with E-state index in [0.717, 1.165) is 30.3 Å². The van der Waals surface area contributed by atoms with Crippen LogP contribution in [0.15, 0.2) is 42.5 Å². The maximum atomic E-state index is 13.5. The lowest BCUT2D eigenvalue weighted by molar-refractivity contribution is -0.138. The molecule has 0 amide bonds. The van der Waals surface area contributed by atoms with E-state index < -0.39 is 40.6 Å². The van der Waals surface area contributed by atoms with E-state index in [1.807, 2.05) is 0 Å². The first-order valence-corrected chi connectivity index (χ1v) is 5.66. The van der Waals surface area contributed by atoms with E-state index >= 15 is 0 Å². The number of hydrogen-bond donors (Lipinski definition) is 1. The molecule has 0 saturated carbocycles. The molecule has 110 valence electrons. The Hall–Kier alpha value is -2.57. The second kappa shape index (κ2) is 5.43. The van der Waals surface area contributed by atoms with Crippen LogP contribution >= 0.6 is 0 Å². The molecule has 2 aromatic rings. The summed E-state index contributed by atoms with van der Waals surface area (Å²) in [5.74, 6) is -3.82. The van der Waals surface area contributed by atoms with Crippen molar-refractivity contribution in [2.24, 2.45) is 0 Å². The van der Waals surface area contributed by atoms with Gasteiger partial charge in [0.1, 0.15) is 22.9 Å². The lowest BCUT2D eigenvalue weighted by Gasteiger charge is -2.14. The summed E-state index contributed by atoms with van der Waals surface area (Å²) in [6.07, 6.45) is -4.67. The van der Waals surface area contributed by atoms with Gasteiger partial charge in [0.2, 0.25) is 0 Å². The number of para-hydroxylation sites is 1. The van der Waals surface area contributed by atoms with E-state index in [4.69, 9.17) is 9.84 Å². The molecule has 0 aromatic heterocycles. The minimum absolute atomic E-state index is 0.501. The second-order valence-corrected chi connectivity index (χ2v) is 4.01. The Morgan fingerprint density at radius 2 is 1.62 bits per heavy atom. The fraction of sp³-hybridized carbons (Fsp3) is 0.0714. The fourth-order valence-corrected chi connectivity index (χ4v) is 1.71. The van der Waals surface area contributed by atoms with Gasteiger partial charge >= 0.3 is 12.1 Å². The number of ether oxygens (including phenoxy) is 1. The Bertz CT molecular complexity index is 680. The van der Waals surface area contributed by atoms with Crippen LogP contribution < -0.4 is 4.74 Å². The Labute approximate surface area is 116 Å². The Kier molecular flexibility index (Phi) is 3.84. The molecular weight excluding hydrogens is 292 g/mol. The lowest BCUT2D eigenvalue weighted by Crippen LogP contribution is -2.08. The number of alkyl halides is 3. The molecule has 0 bridgehead atoms. The first-order chi connectivity index (χ1) is 9.80. The third kappa shape index (κ3) is 3.13. The highest BCUT2D eigenvalue weighted by atomic mass is 19.4. The van der Waals surface area contributed by atoms with E-state index in [-0.39, 0.29) is 0 Å². The summed E-state index contributed by atoms with van der Waals surface area (Å²) in [4.78, 5) is 11.0. The van der Waals surface area contributed by atoms with Gasteiger partial charge in [-0.25, -0.2) is 9.18 Å². The standard InChI is InChI=1S/C14H8F4O3/c15-9-5-3-7-11(12(9)13(19)20)21-10-6-2-1-4-8(10)14(16,17)18/h1-7H,(H,19,20). The molecule has 0 saturated heterocycles. The normalized spacial score (nSPS) is 11.2. The zero-order chi connectivity index (χ0) is 15.6. The van der Waals surface area contributed by atoms with Crippen molar-refractivity contribution in [3.05, 3.63) is 59.4 Å². The van der Waals surface area contributed by atoms with Crippen LogP contribution in [0.4, 0.5) is 17.6 Å². The number of carbonyl (C=O) groups is 1. The number of halogens is 4. The molecule has 0 aliphatic rings. The quantitative estimate of drug-likeness (QED) is 0.858. The maximum Gasteiger partial charge on any atom is 0.419 e. The molecule has 3 nitrogen and oxygen atoms in total. The SMILES string of the molecule is O=C(O)c1c(F)cccc1Oc1ccccc1C(F)(F)F. The topological polar surface area (TPSA) is 46.5 Å². The molecule has 0 aliphatic carbocycles. The maximum absolute atomic E-state index is 13.5. The molecule has 1 N–H and O–H groups in total. The Morgan fingerprint density at radius 1 is 1.00 bits per heavy atom. The van der Waals surface area contributed by atoms with Gasteiger partial charge in [-0.05, 0) is 24.3 Å². The molecule has 2 rings (SSSR count). The molecule has 0 spiro atoms. The molecule has 0 fully saturated rings. The third-order valence-corrected chi connectivity index (χ3v) is 2.60. The summed E-state index contributed by atoms with van der Waals surface area (Å²) >= 11 is 0. The average Bonchev–Trinajstić information content (AvgIpc) is 2.37. The van der Waals surface area contributed by atoms with Gasteiger partial charge in [0.25, 0.3) is 0 Å². The van der Waals surface area contributed by atoms with E-state index in [0.29, 0.717) is 0 Å². The highest BCUT2D eigenvalue weighted by Crippen LogP contribution is 2.38. The fourth-order valence-electron chi connectivity index (χ4n) is 1.71. The van der Waals surface area contributed by atoms with E-state index in [9.17, 15) is 22.4 Å². The van der Waals surface area contributed by atoms with Gasteiger partial charge in [-0.2, -0.15) is 13.2 Å². The van der Waals surface area contributed by atoms with Gasteiger partial charge in [0.05, 0.1) is 5.56 Å². The Balaban J connectivity index is 2.50. The zero-order valence-corrected chi connectivity index (χ0v) is 10.3.